The van der Waals surface area contributed by atoms with Crippen LogP contribution in [0.1, 0.15) is 16.4 Å². The molecule has 2 aromatic carbocycles. The first kappa shape index (κ1) is 14.8. The Hall–Kier alpha value is -1.10. The number of rotatable bonds is 3. The Morgan fingerprint density at radius 2 is 2.10 bits per heavy atom. The van der Waals surface area contributed by atoms with Crippen molar-refractivity contribution in [1.29, 1.82) is 0 Å². The molecular weight excluding hydrogens is 324 g/mol. The average Bonchev–Trinajstić information content (AvgIpc) is 2.61. The van der Waals surface area contributed by atoms with Gasteiger partial charge in [0.05, 0.1) is 5.75 Å². The lowest BCUT2D eigenvalue weighted by molar-refractivity contribution is -0.133. The molecule has 3 rings (SSSR count). The zero-order chi connectivity index (χ0) is 14.8. The summed E-state index contributed by atoms with van der Waals surface area (Å²) in [4.78, 5) is 13.3. The molecule has 0 spiro atoms. The third kappa shape index (κ3) is 3.39. The fourth-order valence-electron chi connectivity index (χ4n) is 2.40. The molecule has 0 saturated heterocycles. The highest BCUT2D eigenvalue weighted by molar-refractivity contribution is 8.00. The summed E-state index contributed by atoms with van der Waals surface area (Å²) >= 11 is 9.31. The van der Waals surface area contributed by atoms with E-state index >= 15 is 0 Å². The van der Waals surface area contributed by atoms with E-state index < -0.39 is 5.97 Å². The molecule has 0 aromatic heterocycles. The van der Waals surface area contributed by atoms with Crippen LogP contribution in [0.25, 0.3) is 0 Å². The first-order valence-corrected chi connectivity index (χ1v) is 8.76. The zero-order valence-electron chi connectivity index (χ0n) is 11.1. The van der Waals surface area contributed by atoms with E-state index in [-0.39, 0.29) is 11.0 Å². The number of hydrogen-bond acceptors (Lipinski definition) is 3. The van der Waals surface area contributed by atoms with Crippen LogP contribution in [0.5, 0.6) is 0 Å². The molecule has 0 aliphatic carbocycles. The molecule has 0 radical (unpaired) electrons. The highest BCUT2D eigenvalue weighted by atomic mass is 35.5. The van der Waals surface area contributed by atoms with Gasteiger partial charge in [-0.05, 0) is 41.8 Å². The van der Waals surface area contributed by atoms with Crippen LogP contribution in [0.2, 0.25) is 5.02 Å². The van der Waals surface area contributed by atoms with E-state index in [1.54, 1.807) is 11.8 Å². The van der Waals surface area contributed by atoms with Crippen molar-refractivity contribution < 1.29 is 9.90 Å². The van der Waals surface area contributed by atoms with Crippen LogP contribution in [0.3, 0.4) is 0 Å². The molecule has 1 unspecified atom stereocenters. The van der Waals surface area contributed by atoms with Crippen molar-refractivity contribution in [3.05, 3.63) is 58.6 Å². The first-order chi connectivity index (χ1) is 10.1. The summed E-state index contributed by atoms with van der Waals surface area (Å²) in [5.41, 5.74) is 2.40. The second kappa shape index (κ2) is 6.34. The van der Waals surface area contributed by atoms with Crippen LogP contribution in [-0.2, 0) is 11.2 Å². The SMILES string of the molecule is O=C(O)CSC1Cc2cc(Cl)ccc2Sc2ccccc21. The molecule has 108 valence electrons. The van der Waals surface area contributed by atoms with E-state index in [1.165, 1.54) is 32.7 Å². The van der Waals surface area contributed by atoms with Crippen LogP contribution >= 0.6 is 35.1 Å². The second-order valence-corrected chi connectivity index (χ2v) is 7.50. The Kier molecular flexibility index (Phi) is 4.48. The summed E-state index contributed by atoms with van der Waals surface area (Å²) < 4.78 is 0. The van der Waals surface area contributed by atoms with Gasteiger partial charge in [-0.1, -0.05) is 41.6 Å². The zero-order valence-corrected chi connectivity index (χ0v) is 13.5. The van der Waals surface area contributed by atoms with E-state index in [4.69, 9.17) is 16.7 Å². The summed E-state index contributed by atoms with van der Waals surface area (Å²) in [6.07, 6.45) is 0.803. The minimum absolute atomic E-state index is 0.111. The molecule has 0 fully saturated rings. The third-order valence-corrected chi connectivity index (χ3v) is 6.00. The monoisotopic (exact) mass is 336 g/mol. The fraction of sp³-hybridized carbons (Fsp3) is 0.188. The number of carbonyl (C=O) groups is 1. The number of fused-ring (bicyclic) bond motifs is 2. The van der Waals surface area contributed by atoms with Crippen molar-refractivity contribution >= 4 is 41.1 Å². The predicted octanol–water partition coefficient (Wildman–Crippen LogP) is 4.91. The topological polar surface area (TPSA) is 37.3 Å². The van der Waals surface area contributed by atoms with E-state index in [0.29, 0.717) is 0 Å². The summed E-state index contributed by atoms with van der Waals surface area (Å²) in [5, 5.41) is 9.82. The lowest BCUT2D eigenvalue weighted by atomic mass is 10.0. The standard InChI is InChI=1S/C16H13ClO2S2/c17-11-5-6-13-10(7-11)8-15(20-9-16(18)19)12-3-1-2-4-14(12)21-13/h1-7,15H,8-9H2,(H,18,19). The molecule has 2 nitrogen and oxygen atoms in total. The minimum Gasteiger partial charge on any atom is -0.481 e. The van der Waals surface area contributed by atoms with Gasteiger partial charge in [0.2, 0.25) is 0 Å². The Balaban J connectivity index is 2.00. The first-order valence-electron chi connectivity index (χ1n) is 6.52. The maximum absolute atomic E-state index is 10.9. The van der Waals surface area contributed by atoms with Gasteiger partial charge in [-0.2, -0.15) is 0 Å². The molecule has 2 aromatic rings. The van der Waals surface area contributed by atoms with Gasteiger partial charge in [0.1, 0.15) is 0 Å². The maximum atomic E-state index is 10.9. The molecule has 1 N–H and O–H groups in total. The Labute approximate surface area is 136 Å². The highest BCUT2D eigenvalue weighted by Crippen LogP contribution is 2.45. The highest BCUT2D eigenvalue weighted by Gasteiger charge is 2.23. The van der Waals surface area contributed by atoms with Gasteiger partial charge in [-0.15, -0.1) is 11.8 Å². The fourth-order valence-corrected chi connectivity index (χ4v) is 4.81. The number of aliphatic carboxylic acids is 1. The summed E-state index contributed by atoms with van der Waals surface area (Å²) in [7, 11) is 0. The van der Waals surface area contributed by atoms with Gasteiger partial charge in [-0.3, -0.25) is 4.79 Å². The van der Waals surface area contributed by atoms with E-state index in [2.05, 4.69) is 12.1 Å². The lowest BCUT2D eigenvalue weighted by Crippen LogP contribution is -2.05. The smallest absolute Gasteiger partial charge is 0.313 e. The van der Waals surface area contributed by atoms with Gasteiger partial charge in [-0.25, -0.2) is 0 Å². The van der Waals surface area contributed by atoms with Gasteiger partial charge in [0.15, 0.2) is 0 Å². The molecule has 1 atom stereocenters. The van der Waals surface area contributed by atoms with Gasteiger partial charge in [0.25, 0.3) is 0 Å². The molecule has 0 amide bonds. The number of thioether (sulfide) groups is 1. The maximum Gasteiger partial charge on any atom is 0.313 e. The van der Waals surface area contributed by atoms with E-state index in [1.807, 2.05) is 30.3 Å². The van der Waals surface area contributed by atoms with Crippen molar-refractivity contribution in [2.24, 2.45) is 0 Å². The molecule has 1 aliphatic heterocycles. The average molecular weight is 337 g/mol. The number of carboxylic acids is 1. The minimum atomic E-state index is -0.777. The summed E-state index contributed by atoms with van der Waals surface area (Å²) in [6, 6.07) is 14.2. The molecule has 21 heavy (non-hydrogen) atoms. The Bertz CT molecular complexity index is 688. The Morgan fingerprint density at radius 1 is 1.29 bits per heavy atom. The van der Waals surface area contributed by atoms with Gasteiger partial charge >= 0.3 is 5.97 Å². The van der Waals surface area contributed by atoms with Crippen molar-refractivity contribution in [2.75, 3.05) is 5.75 Å². The number of halogens is 1. The van der Waals surface area contributed by atoms with Crippen molar-refractivity contribution in [2.45, 2.75) is 21.5 Å². The van der Waals surface area contributed by atoms with Crippen molar-refractivity contribution in [1.82, 2.24) is 0 Å². The predicted molar refractivity (Wildman–Crippen MR) is 88.6 cm³/mol. The number of carboxylic acid groups (broad SMARTS) is 1. The molecular formula is C16H13ClO2S2. The molecule has 0 saturated carbocycles. The van der Waals surface area contributed by atoms with Crippen LogP contribution in [-0.4, -0.2) is 16.8 Å². The van der Waals surface area contributed by atoms with Crippen molar-refractivity contribution in [3.63, 3.8) is 0 Å². The molecule has 0 bridgehead atoms. The van der Waals surface area contributed by atoms with Crippen LogP contribution in [0, 0.1) is 0 Å². The quantitative estimate of drug-likeness (QED) is 0.864. The third-order valence-electron chi connectivity index (χ3n) is 3.32. The summed E-state index contributed by atoms with van der Waals surface area (Å²) in [6.45, 7) is 0. The number of hydrogen-bond donors (Lipinski definition) is 1. The van der Waals surface area contributed by atoms with E-state index in [0.717, 1.165) is 11.4 Å². The van der Waals surface area contributed by atoms with Crippen LogP contribution in [0.15, 0.2) is 52.3 Å². The van der Waals surface area contributed by atoms with Crippen LogP contribution < -0.4 is 0 Å². The van der Waals surface area contributed by atoms with Gasteiger partial charge in [0, 0.05) is 20.1 Å². The Morgan fingerprint density at radius 3 is 2.90 bits per heavy atom. The van der Waals surface area contributed by atoms with Gasteiger partial charge < -0.3 is 5.11 Å². The summed E-state index contributed by atoms with van der Waals surface area (Å²) in [5.74, 6) is -0.666. The largest absolute Gasteiger partial charge is 0.481 e. The molecule has 1 aliphatic rings. The lowest BCUT2D eigenvalue weighted by Gasteiger charge is -2.16. The normalized spacial score (nSPS) is 16.7. The second-order valence-electron chi connectivity index (χ2n) is 4.79. The molecule has 5 heteroatoms. The number of benzene rings is 2. The van der Waals surface area contributed by atoms with Crippen molar-refractivity contribution in [3.8, 4) is 0 Å². The molecule has 1 heterocycles. The van der Waals surface area contributed by atoms with E-state index in [9.17, 15) is 4.79 Å². The van der Waals surface area contributed by atoms with Crippen LogP contribution in [0.4, 0.5) is 0 Å².